The zero-order valence-corrected chi connectivity index (χ0v) is 22.0. The van der Waals surface area contributed by atoms with Crippen molar-refractivity contribution in [2.24, 2.45) is 5.73 Å². The molecule has 2 atom stereocenters. The fourth-order valence-electron chi connectivity index (χ4n) is 5.02. The maximum Gasteiger partial charge on any atom is 0.254 e. The topological polar surface area (TPSA) is 109 Å². The van der Waals surface area contributed by atoms with Crippen LogP contribution in [0.1, 0.15) is 54.1 Å². The monoisotopic (exact) mass is 515 g/mol. The van der Waals surface area contributed by atoms with Crippen molar-refractivity contribution in [1.82, 2.24) is 15.1 Å². The van der Waals surface area contributed by atoms with E-state index in [2.05, 4.69) is 28.1 Å². The molecule has 1 aromatic heterocycles. The van der Waals surface area contributed by atoms with Crippen LogP contribution < -0.4 is 5.73 Å². The summed E-state index contributed by atoms with van der Waals surface area (Å²) >= 11 is 0. The van der Waals surface area contributed by atoms with Gasteiger partial charge in [-0.3, -0.25) is 4.79 Å². The van der Waals surface area contributed by atoms with Crippen LogP contribution in [0.4, 0.5) is 0 Å². The lowest BCUT2D eigenvalue weighted by atomic mass is 9.94. The Labute approximate surface area is 228 Å². The molecule has 1 aliphatic rings. The van der Waals surface area contributed by atoms with Gasteiger partial charge in [0.15, 0.2) is 0 Å². The molecular formula is C32H29N5O2. The Morgan fingerprint density at radius 1 is 1.10 bits per heavy atom. The van der Waals surface area contributed by atoms with Crippen molar-refractivity contribution in [3.8, 4) is 40.5 Å². The van der Waals surface area contributed by atoms with Crippen molar-refractivity contribution in [3.63, 3.8) is 0 Å². The van der Waals surface area contributed by atoms with Crippen molar-refractivity contribution < 1.29 is 9.21 Å². The average Bonchev–Trinajstić information content (AvgIpc) is 3.64. The third-order valence-corrected chi connectivity index (χ3v) is 6.94. The number of carbonyl (C=O) groups is 1. The Morgan fingerprint density at radius 3 is 2.62 bits per heavy atom. The van der Waals surface area contributed by atoms with Crippen molar-refractivity contribution in [2.45, 2.75) is 44.7 Å². The molecule has 1 fully saturated rings. The van der Waals surface area contributed by atoms with E-state index in [1.54, 1.807) is 19.1 Å². The Bertz CT molecular complexity index is 1600. The number of likely N-dealkylation sites (tertiary alicyclic amines) is 1. The lowest BCUT2D eigenvalue weighted by molar-refractivity contribution is 0.0766. The molecule has 0 radical (unpaired) electrons. The summed E-state index contributed by atoms with van der Waals surface area (Å²) in [5, 5.41) is 18.3. The molecule has 7 nitrogen and oxygen atoms in total. The third kappa shape index (κ3) is 5.45. The van der Waals surface area contributed by atoms with Gasteiger partial charge in [0.1, 0.15) is 0 Å². The van der Waals surface area contributed by atoms with Crippen molar-refractivity contribution in [3.05, 3.63) is 95.4 Å². The zero-order chi connectivity index (χ0) is 27.4. The van der Waals surface area contributed by atoms with E-state index in [4.69, 9.17) is 10.2 Å². The molecule has 5 rings (SSSR count). The lowest BCUT2D eigenvalue weighted by Crippen LogP contribution is -2.35. The van der Waals surface area contributed by atoms with E-state index in [0.29, 0.717) is 41.1 Å². The van der Waals surface area contributed by atoms with Gasteiger partial charge in [0.05, 0.1) is 23.2 Å². The molecule has 2 N–H and O–H groups in total. The van der Waals surface area contributed by atoms with Gasteiger partial charge in [-0.2, -0.15) is 5.26 Å². The van der Waals surface area contributed by atoms with Gasteiger partial charge in [-0.15, -0.1) is 16.1 Å². The zero-order valence-electron chi connectivity index (χ0n) is 22.0. The fraction of sp³-hybridized carbons (Fsp3) is 0.250. The van der Waals surface area contributed by atoms with Gasteiger partial charge in [0.25, 0.3) is 5.91 Å². The summed E-state index contributed by atoms with van der Waals surface area (Å²) in [5.74, 6) is 6.53. The number of nitrogens with zero attached hydrogens (tertiary/aromatic N) is 4. The van der Waals surface area contributed by atoms with Gasteiger partial charge in [-0.1, -0.05) is 54.5 Å². The molecule has 1 aliphatic heterocycles. The van der Waals surface area contributed by atoms with Gasteiger partial charge in [0, 0.05) is 17.7 Å². The summed E-state index contributed by atoms with van der Waals surface area (Å²) in [6.45, 7) is 4.28. The Hall–Kier alpha value is -4.72. The Kier molecular flexibility index (Phi) is 7.27. The summed E-state index contributed by atoms with van der Waals surface area (Å²) in [4.78, 5) is 15.5. The first kappa shape index (κ1) is 25.9. The van der Waals surface area contributed by atoms with Crippen LogP contribution >= 0.6 is 0 Å². The minimum Gasteiger partial charge on any atom is -0.419 e. The maximum absolute atomic E-state index is 13.7. The normalized spacial score (nSPS) is 16.2. The second-order valence-corrected chi connectivity index (χ2v) is 10.00. The molecule has 0 bridgehead atoms. The second-order valence-electron chi connectivity index (χ2n) is 10.00. The SMILES string of the molecule is CC#CC1CCCN1C(=O)c1cc(-c2nnc([C@](C)(N)Cc3ccccc3)o2)cc(-c2ccccc2C#N)c1. The number of hydrogen-bond donors (Lipinski definition) is 1. The molecular weight excluding hydrogens is 486 g/mol. The van der Waals surface area contributed by atoms with Gasteiger partial charge in [-0.05, 0) is 74.1 Å². The van der Waals surface area contributed by atoms with E-state index in [1.165, 1.54) is 0 Å². The minimum atomic E-state index is -0.891. The van der Waals surface area contributed by atoms with E-state index in [-0.39, 0.29) is 17.8 Å². The van der Waals surface area contributed by atoms with Gasteiger partial charge < -0.3 is 15.1 Å². The van der Waals surface area contributed by atoms with E-state index >= 15 is 0 Å². The average molecular weight is 516 g/mol. The highest BCUT2D eigenvalue weighted by Gasteiger charge is 2.31. The molecule has 4 aromatic rings. The number of aromatic nitrogens is 2. The van der Waals surface area contributed by atoms with Gasteiger partial charge in [0.2, 0.25) is 11.8 Å². The van der Waals surface area contributed by atoms with E-state index in [1.807, 2.05) is 72.5 Å². The highest BCUT2D eigenvalue weighted by Crippen LogP contribution is 2.32. The number of nitrogens with two attached hydrogens (primary N) is 1. The molecule has 0 aliphatic carbocycles. The van der Waals surface area contributed by atoms with Crippen LogP contribution in [0.25, 0.3) is 22.6 Å². The molecule has 2 heterocycles. The summed E-state index contributed by atoms with van der Waals surface area (Å²) < 4.78 is 6.11. The number of hydrogen-bond acceptors (Lipinski definition) is 6. The van der Waals surface area contributed by atoms with Crippen LogP contribution in [0.2, 0.25) is 0 Å². The molecule has 39 heavy (non-hydrogen) atoms. The van der Waals surface area contributed by atoms with Gasteiger partial charge in [-0.25, -0.2) is 0 Å². The molecule has 7 heteroatoms. The lowest BCUT2D eigenvalue weighted by Gasteiger charge is -2.21. The van der Waals surface area contributed by atoms with Crippen LogP contribution in [0, 0.1) is 23.2 Å². The molecule has 1 saturated heterocycles. The van der Waals surface area contributed by atoms with Gasteiger partial charge >= 0.3 is 0 Å². The van der Waals surface area contributed by atoms with Crippen molar-refractivity contribution >= 4 is 5.91 Å². The second kappa shape index (κ2) is 10.9. The van der Waals surface area contributed by atoms with Crippen LogP contribution in [0.15, 0.2) is 77.2 Å². The molecule has 0 spiro atoms. The van der Waals surface area contributed by atoms with Crippen LogP contribution in [0.3, 0.4) is 0 Å². The number of carbonyl (C=O) groups excluding carboxylic acids is 1. The summed E-state index contributed by atoms with van der Waals surface area (Å²) in [5.41, 5.74) is 9.77. The quantitative estimate of drug-likeness (QED) is 0.348. The summed E-state index contributed by atoms with van der Waals surface area (Å²) in [6.07, 6.45) is 2.27. The van der Waals surface area contributed by atoms with Crippen molar-refractivity contribution in [1.29, 1.82) is 5.26 Å². The number of benzene rings is 3. The fourth-order valence-corrected chi connectivity index (χ4v) is 5.02. The first-order chi connectivity index (χ1) is 18.9. The number of rotatable bonds is 6. The predicted molar refractivity (Wildman–Crippen MR) is 149 cm³/mol. The molecule has 1 amide bonds. The van der Waals surface area contributed by atoms with Crippen LogP contribution in [-0.4, -0.2) is 33.6 Å². The van der Waals surface area contributed by atoms with E-state index < -0.39 is 5.54 Å². The highest BCUT2D eigenvalue weighted by atomic mass is 16.4. The minimum absolute atomic E-state index is 0.119. The summed E-state index contributed by atoms with van der Waals surface area (Å²) in [7, 11) is 0. The standard InChI is InChI=1S/C32H29N5O2/c1-3-10-27-14-9-16-37(27)30(38)26-18-24(28-15-8-7-13-23(28)21-33)17-25(19-26)29-35-36-31(39-29)32(2,34)20-22-11-5-4-6-12-22/h4-8,11-13,15,17-19,27H,9,14,16,20,34H2,1-2H3/t27?,32-/m1/s1. The number of nitriles is 1. The highest BCUT2D eigenvalue weighted by molar-refractivity contribution is 5.97. The van der Waals surface area contributed by atoms with E-state index in [0.717, 1.165) is 24.0 Å². The predicted octanol–water partition coefficient (Wildman–Crippen LogP) is 5.32. The molecule has 3 aromatic carbocycles. The van der Waals surface area contributed by atoms with E-state index in [9.17, 15) is 10.1 Å². The largest absolute Gasteiger partial charge is 0.419 e. The van der Waals surface area contributed by atoms with Crippen molar-refractivity contribution in [2.75, 3.05) is 6.54 Å². The van der Waals surface area contributed by atoms with Crippen LogP contribution in [-0.2, 0) is 12.0 Å². The smallest absolute Gasteiger partial charge is 0.254 e. The number of amides is 1. The first-order valence-electron chi connectivity index (χ1n) is 12.9. The maximum atomic E-state index is 13.7. The molecule has 1 unspecified atom stereocenters. The third-order valence-electron chi connectivity index (χ3n) is 6.94. The first-order valence-corrected chi connectivity index (χ1v) is 12.9. The molecule has 0 saturated carbocycles. The molecule has 194 valence electrons. The summed E-state index contributed by atoms with van der Waals surface area (Å²) in [6, 6.07) is 24.8. The van der Waals surface area contributed by atoms with Crippen LogP contribution in [0.5, 0.6) is 0 Å². The Morgan fingerprint density at radius 2 is 1.85 bits per heavy atom. The Balaban J connectivity index is 1.56.